The van der Waals surface area contributed by atoms with Crippen molar-refractivity contribution in [2.75, 3.05) is 0 Å². The van der Waals surface area contributed by atoms with Crippen LogP contribution >= 0.6 is 0 Å². The molecule has 3 atom stereocenters. The molecule has 3 aliphatic rings. The molecule has 2 saturated carbocycles. The molecule has 3 aliphatic carbocycles. The van der Waals surface area contributed by atoms with E-state index in [1.54, 1.807) is 12.1 Å². The summed E-state index contributed by atoms with van der Waals surface area (Å²) in [5, 5.41) is 8.02. The van der Waals surface area contributed by atoms with E-state index < -0.39 is 0 Å². The molecule has 4 nitrogen and oxygen atoms in total. The summed E-state index contributed by atoms with van der Waals surface area (Å²) in [6.07, 6.45) is 8.85. The lowest BCUT2D eigenvalue weighted by molar-refractivity contribution is 0.0889. The van der Waals surface area contributed by atoms with E-state index >= 15 is 0 Å². The summed E-state index contributed by atoms with van der Waals surface area (Å²) in [5.41, 5.74) is 3.83. The second-order valence-corrected chi connectivity index (χ2v) is 8.89. The SMILES string of the molecule is CC12CCC(CC1NC(=O)c1nn(-c3ccc(F)cc3)c3c1CCCC3)C2. The fourth-order valence-electron chi connectivity index (χ4n) is 5.57. The van der Waals surface area contributed by atoms with E-state index in [-0.39, 0.29) is 23.2 Å². The Morgan fingerprint density at radius 2 is 2.04 bits per heavy atom. The number of hydrogen-bond donors (Lipinski definition) is 1. The molecule has 1 heterocycles. The molecule has 1 amide bonds. The first kappa shape index (κ1) is 17.0. The van der Waals surface area contributed by atoms with Crippen molar-refractivity contribution in [1.29, 1.82) is 0 Å². The van der Waals surface area contributed by atoms with Gasteiger partial charge in [-0.15, -0.1) is 0 Å². The Kier molecular flexibility index (Phi) is 3.88. The summed E-state index contributed by atoms with van der Waals surface area (Å²) >= 11 is 0. The largest absolute Gasteiger partial charge is 0.347 e. The van der Waals surface area contributed by atoms with E-state index in [1.165, 1.54) is 31.4 Å². The number of nitrogens with zero attached hydrogens (tertiary/aromatic N) is 2. The van der Waals surface area contributed by atoms with Gasteiger partial charge in [-0.05, 0) is 87.0 Å². The van der Waals surface area contributed by atoms with Crippen molar-refractivity contribution in [3.05, 3.63) is 47.0 Å². The van der Waals surface area contributed by atoms with Gasteiger partial charge in [0.15, 0.2) is 5.69 Å². The Morgan fingerprint density at radius 1 is 1.26 bits per heavy atom. The molecule has 0 spiro atoms. The third-order valence-corrected chi connectivity index (χ3v) is 7.06. The van der Waals surface area contributed by atoms with Gasteiger partial charge in [-0.1, -0.05) is 6.92 Å². The minimum atomic E-state index is -0.262. The number of hydrogen-bond acceptors (Lipinski definition) is 2. The van der Waals surface area contributed by atoms with Crippen LogP contribution in [0.4, 0.5) is 4.39 Å². The zero-order valence-electron chi connectivity index (χ0n) is 15.8. The van der Waals surface area contributed by atoms with Crippen molar-refractivity contribution < 1.29 is 9.18 Å². The highest BCUT2D eigenvalue weighted by Gasteiger charge is 2.49. The van der Waals surface area contributed by atoms with E-state index in [0.717, 1.165) is 55.0 Å². The van der Waals surface area contributed by atoms with Crippen LogP contribution in [0.3, 0.4) is 0 Å². The summed E-state index contributed by atoms with van der Waals surface area (Å²) in [7, 11) is 0. The molecule has 1 N–H and O–H groups in total. The average Bonchev–Trinajstić information content (AvgIpc) is 3.32. The summed E-state index contributed by atoms with van der Waals surface area (Å²) in [5.74, 6) is 0.473. The zero-order valence-corrected chi connectivity index (χ0v) is 15.8. The molecule has 0 saturated heterocycles. The molecule has 5 heteroatoms. The van der Waals surface area contributed by atoms with Crippen LogP contribution in [0, 0.1) is 17.2 Å². The van der Waals surface area contributed by atoms with Gasteiger partial charge in [-0.2, -0.15) is 5.10 Å². The minimum Gasteiger partial charge on any atom is -0.347 e. The number of amides is 1. The first-order chi connectivity index (χ1) is 13.0. The smallest absolute Gasteiger partial charge is 0.272 e. The summed E-state index contributed by atoms with van der Waals surface area (Å²) < 4.78 is 15.2. The lowest BCUT2D eigenvalue weighted by Crippen LogP contribution is -2.44. The van der Waals surface area contributed by atoms with E-state index in [1.807, 2.05) is 4.68 Å². The van der Waals surface area contributed by atoms with Gasteiger partial charge in [-0.3, -0.25) is 4.79 Å². The molecule has 0 radical (unpaired) electrons. The summed E-state index contributed by atoms with van der Waals surface area (Å²) in [6, 6.07) is 6.62. The van der Waals surface area contributed by atoms with Crippen LogP contribution in [0.1, 0.15) is 67.2 Å². The Balaban J connectivity index is 1.47. The van der Waals surface area contributed by atoms with Crippen molar-refractivity contribution in [2.24, 2.45) is 11.3 Å². The minimum absolute atomic E-state index is 0.0345. The Hall–Kier alpha value is -2.17. The standard InChI is InChI=1S/C22H26FN3O/c1-22-11-10-14(13-22)12-19(22)24-21(27)20-17-4-2-3-5-18(17)26(25-20)16-8-6-15(23)7-9-16/h6-9,14,19H,2-5,10-13H2,1H3,(H,24,27). The third kappa shape index (κ3) is 2.79. The van der Waals surface area contributed by atoms with Crippen molar-refractivity contribution in [3.8, 4) is 5.69 Å². The van der Waals surface area contributed by atoms with Crippen LogP contribution in [0.25, 0.3) is 5.69 Å². The molecule has 3 unspecified atom stereocenters. The number of benzene rings is 1. The number of carbonyl (C=O) groups excluding carboxylic acids is 1. The van der Waals surface area contributed by atoms with Crippen LogP contribution in [0.5, 0.6) is 0 Å². The average molecular weight is 367 g/mol. The highest BCUT2D eigenvalue weighted by molar-refractivity contribution is 5.94. The van der Waals surface area contributed by atoms with E-state index in [2.05, 4.69) is 12.2 Å². The summed E-state index contributed by atoms with van der Waals surface area (Å²) in [4.78, 5) is 13.1. The number of fused-ring (bicyclic) bond motifs is 3. The first-order valence-electron chi connectivity index (χ1n) is 10.2. The van der Waals surface area contributed by atoms with Gasteiger partial charge in [0, 0.05) is 17.3 Å². The third-order valence-electron chi connectivity index (χ3n) is 7.06. The molecule has 1 aromatic heterocycles. The monoisotopic (exact) mass is 367 g/mol. The van der Waals surface area contributed by atoms with Gasteiger partial charge in [-0.25, -0.2) is 9.07 Å². The van der Waals surface area contributed by atoms with Gasteiger partial charge in [0.2, 0.25) is 0 Å². The number of carbonyl (C=O) groups is 1. The normalized spacial score (nSPS) is 29.0. The van der Waals surface area contributed by atoms with E-state index in [0.29, 0.717) is 5.69 Å². The van der Waals surface area contributed by atoms with E-state index in [9.17, 15) is 9.18 Å². The van der Waals surface area contributed by atoms with Crippen molar-refractivity contribution >= 4 is 5.91 Å². The number of rotatable bonds is 3. The maximum absolute atomic E-state index is 13.3. The Labute approximate surface area is 159 Å². The Bertz CT molecular complexity index is 888. The lowest BCUT2D eigenvalue weighted by Gasteiger charge is -2.32. The van der Waals surface area contributed by atoms with Crippen molar-refractivity contribution in [1.82, 2.24) is 15.1 Å². The summed E-state index contributed by atoms with van der Waals surface area (Å²) in [6.45, 7) is 2.32. The molecule has 142 valence electrons. The second kappa shape index (κ2) is 6.18. The predicted molar refractivity (Wildman–Crippen MR) is 101 cm³/mol. The predicted octanol–water partition coefficient (Wildman–Crippen LogP) is 4.20. The number of nitrogens with one attached hydrogen (secondary N) is 1. The molecule has 27 heavy (non-hydrogen) atoms. The molecule has 5 rings (SSSR count). The molecule has 1 aromatic carbocycles. The lowest BCUT2D eigenvalue weighted by atomic mass is 9.82. The second-order valence-electron chi connectivity index (χ2n) is 8.89. The molecule has 2 aromatic rings. The quantitative estimate of drug-likeness (QED) is 0.884. The van der Waals surface area contributed by atoms with Crippen LogP contribution in [-0.4, -0.2) is 21.7 Å². The van der Waals surface area contributed by atoms with Crippen LogP contribution < -0.4 is 5.32 Å². The van der Waals surface area contributed by atoms with Crippen LogP contribution in [0.2, 0.25) is 0 Å². The molecular weight excluding hydrogens is 341 g/mol. The topological polar surface area (TPSA) is 46.9 Å². The highest BCUT2D eigenvalue weighted by Crippen LogP contribution is 2.53. The molecular formula is C22H26FN3O. The van der Waals surface area contributed by atoms with Gasteiger partial charge in [0.1, 0.15) is 5.82 Å². The maximum atomic E-state index is 13.3. The maximum Gasteiger partial charge on any atom is 0.272 e. The molecule has 0 aliphatic heterocycles. The van der Waals surface area contributed by atoms with Crippen molar-refractivity contribution in [2.45, 2.75) is 64.3 Å². The first-order valence-corrected chi connectivity index (χ1v) is 10.2. The van der Waals surface area contributed by atoms with Gasteiger partial charge >= 0.3 is 0 Å². The van der Waals surface area contributed by atoms with Gasteiger partial charge in [0.05, 0.1) is 5.69 Å². The molecule has 2 bridgehead atoms. The highest BCUT2D eigenvalue weighted by atomic mass is 19.1. The van der Waals surface area contributed by atoms with Crippen LogP contribution in [-0.2, 0) is 12.8 Å². The van der Waals surface area contributed by atoms with Crippen LogP contribution in [0.15, 0.2) is 24.3 Å². The Morgan fingerprint density at radius 3 is 2.74 bits per heavy atom. The number of halogens is 1. The zero-order chi connectivity index (χ0) is 18.6. The van der Waals surface area contributed by atoms with E-state index in [4.69, 9.17) is 5.10 Å². The molecule has 2 fully saturated rings. The van der Waals surface area contributed by atoms with Gasteiger partial charge in [0.25, 0.3) is 5.91 Å². The fraction of sp³-hybridized carbons (Fsp3) is 0.545. The fourth-order valence-corrected chi connectivity index (χ4v) is 5.57. The number of aromatic nitrogens is 2. The van der Waals surface area contributed by atoms with Crippen molar-refractivity contribution in [3.63, 3.8) is 0 Å². The van der Waals surface area contributed by atoms with Gasteiger partial charge < -0.3 is 5.32 Å².